The van der Waals surface area contributed by atoms with E-state index >= 15 is 0 Å². The van der Waals surface area contributed by atoms with Crippen molar-refractivity contribution in [3.05, 3.63) is 50.9 Å². The third-order valence-electron chi connectivity index (χ3n) is 4.40. The second kappa shape index (κ2) is 8.86. The zero-order valence-electron chi connectivity index (χ0n) is 14.5. The fourth-order valence-electron chi connectivity index (χ4n) is 2.97. The topological polar surface area (TPSA) is 56.6 Å². The molecule has 1 aliphatic rings. The Morgan fingerprint density at radius 3 is 2.50 bits per heavy atom. The first-order chi connectivity index (χ1) is 12.6. The van der Waals surface area contributed by atoms with Crippen LogP contribution in [-0.2, 0) is 9.47 Å². The van der Waals surface area contributed by atoms with Crippen molar-refractivity contribution < 1.29 is 9.47 Å². The molecule has 1 aromatic carbocycles. The lowest BCUT2D eigenvalue weighted by Crippen LogP contribution is -2.38. The van der Waals surface area contributed by atoms with Gasteiger partial charge in [0.15, 0.2) is 0 Å². The van der Waals surface area contributed by atoms with Crippen molar-refractivity contribution in [2.75, 3.05) is 38.3 Å². The predicted octanol–water partition coefficient (Wildman–Crippen LogP) is 3.17. The van der Waals surface area contributed by atoms with Crippen molar-refractivity contribution in [2.24, 2.45) is 0 Å². The maximum Gasteiger partial charge on any atom is 0.292 e. The molecule has 140 valence electrons. The van der Waals surface area contributed by atoms with E-state index in [1.165, 1.54) is 4.68 Å². The third kappa shape index (κ3) is 4.38. The van der Waals surface area contributed by atoms with Crippen molar-refractivity contribution in [3.8, 4) is 5.69 Å². The first-order valence-corrected chi connectivity index (χ1v) is 9.25. The highest BCUT2D eigenvalue weighted by Crippen LogP contribution is 2.26. The van der Waals surface area contributed by atoms with Crippen LogP contribution in [-0.4, -0.2) is 49.3 Å². The predicted molar refractivity (Wildman–Crippen MR) is 103 cm³/mol. The summed E-state index contributed by atoms with van der Waals surface area (Å²) >= 11 is 12.3. The summed E-state index contributed by atoms with van der Waals surface area (Å²) in [5, 5.41) is 5.05. The molecule has 1 saturated heterocycles. The zero-order chi connectivity index (χ0) is 18.5. The van der Waals surface area contributed by atoms with Crippen LogP contribution in [0.5, 0.6) is 0 Å². The van der Waals surface area contributed by atoms with Gasteiger partial charge in [-0.25, -0.2) is 0 Å². The number of aromatic nitrogens is 2. The number of benzene rings is 1. The molecule has 0 unspecified atom stereocenters. The van der Waals surface area contributed by atoms with Crippen LogP contribution in [0.4, 0.5) is 5.69 Å². The number of nitrogens with zero attached hydrogens (tertiary/aromatic N) is 3. The zero-order valence-corrected chi connectivity index (χ0v) is 16.0. The first-order valence-electron chi connectivity index (χ1n) is 8.49. The van der Waals surface area contributed by atoms with Crippen molar-refractivity contribution in [3.63, 3.8) is 0 Å². The standard InChI is InChI=1S/C18H21Cl2N3O3/c1-25-10-11-26-15-6-8-22(9-7-15)16-12-21-23(18(24)17(16)20)14-4-2-13(19)3-5-14/h2-5,12,15H,6-11H2,1H3. The Bertz CT molecular complexity index is 787. The number of hydrogen-bond donors (Lipinski definition) is 0. The number of rotatable bonds is 6. The van der Waals surface area contributed by atoms with Gasteiger partial charge in [0.25, 0.3) is 5.56 Å². The summed E-state index contributed by atoms with van der Waals surface area (Å²) in [5.41, 5.74) is 0.945. The summed E-state index contributed by atoms with van der Waals surface area (Å²) < 4.78 is 12.1. The molecule has 8 heteroatoms. The number of ether oxygens (including phenoxy) is 2. The molecule has 0 aliphatic carbocycles. The van der Waals surface area contributed by atoms with Gasteiger partial charge >= 0.3 is 0 Å². The summed E-state index contributed by atoms with van der Waals surface area (Å²) in [6.07, 6.45) is 3.60. The molecular weight excluding hydrogens is 377 g/mol. The van der Waals surface area contributed by atoms with E-state index in [9.17, 15) is 4.79 Å². The summed E-state index contributed by atoms with van der Waals surface area (Å²) in [6, 6.07) is 6.88. The van der Waals surface area contributed by atoms with Crippen molar-refractivity contribution in [1.82, 2.24) is 9.78 Å². The lowest BCUT2D eigenvalue weighted by Gasteiger charge is -2.33. The van der Waals surface area contributed by atoms with Gasteiger partial charge in [0.1, 0.15) is 5.02 Å². The van der Waals surface area contributed by atoms with E-state index in [1.807, 2.05) is 0 Å². The van der Waals surface area contributed by atoms with Crippen LogP contribution in [0.25, 0.3) is 5.69 Å². The second-order valence-corrected chi connectivity index (χ2v) is 6.90. The average Bonchev–Trinajstić information content (AvgIpc) is 2.66. The van der Waals surface area contributed by atoms with Gasteiger partial charge in [-0.1, -0.05) is 23.2 Å². The van der Waals surface area contributed by atoms with Gasteiger partial charge in [-0.3, -0.25) is 4.79 Å². The van der Waals surface area contributed by atoms with Gasteiger partial charge in [-0.15, -0.1) is 0 Å². The number of hydrogen-bond acceptors (Lipinski definition) is 5. The molecule has 0 atom stereocenters. The second-order valence-electron chi connectivity index (χ2n) is 6.09. The normalized spacial score (nSPS) is 15.4. The molecular formula is C18H21Cl2N3O3. The van der Waals surface area contributed by atoms with Gasteiger partial charge in [0.2, 0.25) is 0 Å². The van der Waals surface area contributed by atoms with E-state index < -0.39 is 0 Å². The van der Waals surface area contributed by atoms with E-state index in [0.717, 1.165) is 25.9 Å². The molecule has 2 aromatic rings. The van der Waals surface area contributed by atoms with Crippen LogP contribution in [0.2, 0.25) is 10.0 Å². The summed E-state index contributed by atoms with van der Waals surface area (Å²) in [7, 11) is 1.66. The van der Waals surface area contributed by atoms with Crippen LogP contribution in [0.15, 0.2) is 35.3 Å². The van der Waals surface area contributed by atoms with Crippen LogP contribution >= 0.6 is 23.2 Å². The SMILES string of the molecule is COCCOC1CCN(c2cnn(-c3ccc(Cl)cc3)c(=O)c2Cl)CC1. The van der Waals surface area contributed by atoms with Gasteiger partial charge < -0.3 is 14.4 Å². The molecule has 6 nitrogen and oxygen atoms in total. The van der Waals surface area contributed by atoms with E-state index in [0.29, 0.717) is 29.6 Å². The lowest BCUT2D eigenvalue weighted by molar-refractivity contribution is 0.00609. The fraction of sp³-hybridized carbons (Fsp3) is 0.444. The smallest absolute Gasteiger partial charge is 0.292 e. The van der Waals surface area contributed by atoms with Crippen LogP contribution in [0, 0.1) is 0 Å². The third-order valence-corrected chi connectivity index (χ3v) is 5.00. The summed E-state index contributed by atoms with van der Waals surface area (Å²) in [4.78, 5) is 14.7. The van der Waals surface area contributed by atoms with E-state index in [2.05, 4.69) is 10.00 Å². The van der Waals surface area contributed by atoms with Crippen LogP contribution in [0.1, 0.15) is 12.8 Å². The number of anilines is 1. The van der Waals surface area contributed by atoms with E-state index in [1.54, 1.807) is 37.6 Å². The highest BCUT2D eigenvalue weighted by atomic mass is 35.5. The molecule has 0 amide bonds. The minimum atomic E-state index is -0.343. The Morgan fingerprint density at radius 2 is 1.85 bits per heavy atom. The van der Waals surface area contributed by atoms with E-state index in [-0.39, 0.29) is 16.7 Å². The van der Waals surface area contributed by atoms with Crippen LogP contribution in [0.3, 0.4) is 0 Å². The molecule has 0 bridgehead atoms. The quantitative estimate of drug-likeness (QED) is 0.700. The van der Waals surface area contributed by atoms with Gasteiger partial charge in [0.05, 0.1) is 36.9 Å². The molecule has 0 N–H and O–H groups in total. The lowest BCUT2D eigenvalue weighted by atomic mass is 10.1. The minimum Gasteiger partial charge on any atom is -0.382 e. The van der Waals surface area contributed by atoms with Crippen LogP contribution < -0.4 is 10.5 Å². The maximum absolute atomic E-state index is 12.6. The molecule has 26 heavy (non-hydrogen) atoms. The summed E-state index contributed by atoms with van der Waals surface area (Å²) in [5.74, 6) is 0. The highest BCUT2D eigenvalue weighted by molar-refractivity contribution is 6.33. The Hall–Kier alpha value is -1.60. The van der Waals surface area contributed by atoms with Gasteiger partial charge in [-0.05, 0) is 37.1 Å². The number of piperidine rings is 1. The largest absolute Gasteiger partial charge is 0.382 e. The Morgan fingerprint density at radius 1 is 1.15 bits per heavy atom. The number of methoxy groups -OCH3 is 1. The molecule has 0 spiro atoms. The summed E-state index contributed by atoms with van der Waals surface area (Å²) in [6.45, 7) is 2.73. The number of halogens is 2. The Kier molecular flexibility index (Phi) is 6.53. The molecule has 1 fully saturated rings. The molecule has 3 rings (SSSR count). The molecule has 2 heterocycles. The monoisotopic (exact) mass is 397 g/mol. The van der Waals surface area contributed by atoms with Crippen molar-refractivity contribution in [1.29, 1.82) is 0 Å². The molecule has 0 saturated carbocycles. The van der Waals surface area contributed by atoms with E-state index in [4.69, 9.17) is 32.7 Å². The maximum atomic E-state index is 12.6. The molecule has 0 radical (unpaired) electrons. The fourth-order valence-corrected chi connectivity index (χ4v) is 3.35. The molecule has 1 aromatic heterocycles. The Labute approximate surface area is 162 Å². The Balaban J connectivity index is 1.71. The minimum absolute atomic E-state index is 0.175. The molecule has 1 aliphatic heterocycles. The highest BCUT2D eigenvalue weighted by Gasteiger charge is 2.23. The van der Waals surface area contributed by atoms with Crippen molar-refractivity contribution in [2.45, 2.75) is 18.9 Å². The first kappa shape index (κ1) is 19.2. The van der Waals surface area contributed by atoms with Crippen molar-refractivity contribution >= 4 is 28.9 Å². The van der Waals surface area contributed by atoms with Gasteiger partial charge in [0, 0.05) is 25.2 Å². The van der Waals surface area contributed by atoms with Gasteiger partial charge in [-0.2, -0.15) is 9.78 Å². The average molecular weight is 398 g/mol.